The van der Waals surface area contributed by atoms with Crippen molar-refractivity contribution in [1.82, 2.24) is 4.68 Å². The van der Waals surface area contributed by atoms with E-state index in [1.165, 1.54) is 29.2 Å². The topological polar surface area (TPSA) is 85.3 Å². The fourth-order valence-electron chi connectivity index (χ4n) is 3.60. The molecule has 3 aromatic rings. The summed E-state index contributed by atoms with van der Waals surface area (Å²) in [5.41, 5.74) is 4.82. The van der Waals surface area contributed by atoms with Crippen molar-refractivity contribution in [2.24, 2.45) is 10.1 Å². The van der Waals surface area contributed by atoms with Crippen LogP contribution in [0.2, 0.25) is 0 Å². The third-order valence-corrected chi connectivity index (χ3v) is 6.17. The molecule has 1 aromatic heterocycles. The maximum absolute atomic E-state index is 11.0. The molecule has 0 amide bonds. The Balaban J connectivity index is 1.69. The summed E-state index contributed by atoms with van der Waals surface area (Å²) in [6.07, 6.45) is 0. The van der Waals surface area contributed by atoms with E-state index in [9.17, 15) is 10.1 Å². The number of nitro groups is 1. The summed E-state index contributed by atoms with van der Waals surface area (Å²) < 4.78 is 7.27. The number of benzene rings is 2. The number of ether oxygens (including phenoxy) is 1. The van der Waals surface area contributed by atoms with E-state index >= 15 is 0 Å². The van der Waals surface area contributed by atoms with E-state index in [4.69, 9.17) is 14.8 Å². The largest absolute Gasteiger partial charge is 0.378 e. The van der Waals surface area contributed by atoms with Gasteiger partial charge in [-0.25, -0.2) is 4.68 Å². The SMILES string of the molecule is CC(=Nn1c(-c2ccc([N+](=O)[O-])cc2)csc1=NC(C)C)c1ccc(N2CCOCC2)cc1. The molecule has 1 aliphatic rings. The summed E-state index contributed by atoms with van der Waals surface area (Å²) in [6.45, 7) is 9.33. The van der Waals surface area contributed by atoms with Crippen molar-refractivity contribution >= 4 is 28.4 Å². The van der Waals surface area contributed by atoms with Crippen LogP contribution in [0.15, 0.2) is 64.0 Å². The molecule has 1 fully saturated rings. The standard InChI is InChI=1S/C24H27N5O3S/c1-17(2)25-24-28(23(16-33-24)20-6-10-22(11-7-20)29(30)31)26-18(3)19-4-8-21(9-5-19)27-12-14-32-15-13-27/h4-11,16-17H,12-15H2,1-3H3. The highest BCUT2D eigenvalue weighted by atomic mass is 32.1. The van der Waals surface area contributed by atoms with Crippen LogP contribution in [0.1, 0.15) is 26.3 Å². The molecule has 0 bridgehead atoms. The van der Waals surface area contributed by atoms with Gasteiger partial charge in [-0.15, -0.1) is 11.3 Å². The van der Waals surface area contributed by atoms with Gasteiger partial charge in [0.25, 0.3) is 5.69 Å². The zero-order chi connectivity index (χ0) is 23.4. The molecule has 0 N–H and O–H groups in total. The Hall–Kier alpha value is -3.30. The molecule has 172 valence electrons. The number of rotatable bonds is 6. The lowest BCUT2D eigenvalue weighted by Crippen LogP contribution is -2.36. The van der Waals surface area contributed by atoms with Gasteiger partial charge in [-0.2, -0.15) is 5.10 Å². The summed E-state index contributed by atoms with van der Waals surface area (Å²) in [7, 11) is 0. The smallest absolute Gasteiger partial charge is 0.269 e. The van der Waals surface area contributed by atoms with Crippen molar-refractivity contribution in [1.29, 1.82) is 0 Å². The molecule has 1 saturated heterocycles. The average Bonchev–Trinajstić information content (AvgIpc) is 3.21. The van der Waals surface area contributed by atoms with E-state index in [1.54, 1.807) is 12.1 Å². The minimum Gasteiger partial charge on any atom is -0.378 e. The van der Waals surface area contributed by atoms with E-state index in [1.807, 2.05) is 30.8 Å². The summed E-state index contributed by atoms with van der Waals surface area (Å²) >= 11 is 1.51. The number of thiazole rings is 1. The van der Waals surface area contributed by atoms with Crippen LogP contribution in [0, 0.1) is 10.1 Å². The molecule has 0 spiro atoms. The molecule has 1 aliphatic heterocycles. The van der Waals surface area contributed by atoms with Crippen molar-refractivity contribution in [2.45, 2.75) is 26.8 Å². The normalized spacial score (nSPS) is 15.3. The first-order valence-electron chi connectivity index (χ1n) is 10.9. The van der Waals surface area contributed by atoms with Gasteiger partial charge < -0.3 is 9.64 Å². The first-order valence-corrected chi connectivity index (χ1v) is 11.8. The van der Waals surface area contributed by atoms with Gasteiger partial charge in [0.1, 0.15) is 0 Å². The fraction of sp³-hybridized carbons (Fsp3) is 0.333. The lowest BCUT2D eigenvalue weighted by molar-refractivity contribution is -0.384. The molecule has 0 saturated carbocycles. The van der Waals surface area contributed by atoms with E-state index < -0.39 is 4.92 Å². The van der Waals surface area contributed by atoms with Crippen LogP contribution in [0.25, 0.3) is 11.3 Å². The van der Waals surface area contributed by atoms with Gasteiger partial charge in [0.15, 0.2) is 0 Å². The molecular formula is C24H27N5O3S. The molecule has 2 aromatic carbocycles. The second kappa shape index (κ2) is 10.1. The lowest BCUT2D eigenvalue weighted by Gasteiger charge is -2.28. The van der Waals surface area contributed by atoms with Crippen molar-refractivity contribution in [3.8, 4) is 11.3 Å². The fourth-order valence-corrected chi connectivity index (χ4v) is 4.56. The first-order chi connectivity index (χ1) is 15.9. The maximum atomic E-state index is 11.0. The Morgan fingerprint density at radius 1 is 1.09 bits per heavy atom. The Morgan fingerprint density at radius 3 is 2.36 bits per heavy atom. The van der Waals surface area contributed by atoms with Gasteiger partial charge in [0.05, 0.1) is 29.5 Å². The van der Waals surface area contributed by atoms with Gasteiger partial charge in [-0.1, -0.05) is 12.1 Å². The third kappa shape index (κ3) is 5.37. The maximum Gasteiger partial charge on any atom is 0.269 e. The Morgan fingerprint density at radius 2 is 1.76 bits per heavy atom. The molecule has 0 unspecified atom stereocenters. The van der Waals surface area contributed by atoms with E-state index in [0.717, 1.165) is 53.6 Å². The number of non-ortho nitro benzene ring substituents is 1. The van der Waals surface area contributed by atoms with Crippen LogP contribution in [0.4, 0.5) is 11.4 Å². The van der Waals surface area contributed by atoms with Gasteiger partial charge in [0, 0.05) is 47.9 Å². The van der Waals surface area contributed by atoms with Crippen LogP contribution in [-0.2, 0) is 4.74 Å². The lowest BCUT2D eigenvalue weighted by atomic mass is 10.1. The Kier molecular flexibility index (Phi) is 7.00. The monoisotopic (exact) mass is 465 g/mol. The minimum absolute atomic E-state index is 0.0626. The Labute approximate surface area is 196 Å². The number of nitro benzene ring substituents is 1. The first kappa shape index (κ1) is 22.9. The van der Waals surface area contributed by atoms with Crippen LogP contribution in [-0.4, -0.2) is 47.7 Å². The van der Waals surface area contributed by atoms with Crippen LogP contribution in [0.3, 0.4) is 0 Å². The molecule has 0 radical (unpaired) electrons. The van der Waals surface area contributed by atoms with Crippen molar-refractivity contribution in [3.05, 3.63) is 74.4 Å². The third-order valence-electron chi connectivity index (χ3n) is 5.34. The van der Waals surface area contributed by atoms with Crippen LogP contribution in [0.5, 0.6) is 0 Å². The molecule has 8 nitrogen and oxygen atoms in total. The number of aromatic nitrogens is 1. The van der Waals surface area contributed by atoms with Gasteiger partial charge in [-0.05, 0) is 50.6 Å². The molecular weight excluding hydrogens is 438 g/mol. The van der Waals surface area contributed by atoms with Crippen molar-refractivity contribution < 1.29 is 9.66 Å². The van der Waals surface area contributed by atoms with E-state index in [0.29, 0.717) is 0 Å². The summed E-state index contributed by atoms with van der Waals surface area (Å²) in [5, 5.41) is 17.9. The number of anilines is 1. The zero-order valence-electron chi connectivity index (χ0n) is 19.0. The summed E-state index contributed by atoms with van der Waals surface area (Å²) in [6, 6.07) is 15.0. The second-order valence-corrected chi connectivity index (χ2v) is 8.91. The second-order valence-electron chi connectivity index (χ2n) is 8.07. The van der Waals surface area contributed by atoms with E-state index in [2.05, 4.69) is 29.2 Å². The number of morpholine rings is 1. The number of hydrogen-bond acceptors (Lipinski definition) is 7. The molecule has 9 heteroatoms. The predicted molar refractivity (Wildman–Crippen MR) is 132 cm³/mol. The predicted octanol–water partition coefficient (Wildman–Crippen LogP) is 4.54. The average molecular weight is 466 g/mol. The van der Waals surface area contributed by atoms with Crippen LogP contribution < -0.4 is 9.70 Å². The van der Waals surface area contributed by atoms with Crippen LogP contribution >= 0.6 is 11.3 Å². The highest BCUT2D eigenvalue weighted by Gasteiger charge is 2.13. The molecule has 0 aliphatic carbocycles. The minimum atomic E-state index is -0.395. The molecule has 2 heterocycles. The van der Waals surface area contributed by atoms with Crippen molar-refractivity contribution in [2.75, 3.05) is 31.2 Å². The highest BCUT2D eigenvalue weighted by molar-refractivity contribution is 7.07. The molecule has 0 atom stereocenters. The summed E-state index contributed by atoms with van der Waals surface area (Å²) in [4.78, 5) is 18.5. The summed E-state index contributed by atoms with van der Waals surface area (Å²) in [5.74, 6) is 0. The Bertz CT molecular complexity index is 1200. The van der Waals surface area contributed by atoms with Gasteiger partial charge >= 0.3 is 0 Å². The van der Waals surface area contributed by atoms with Gasteiger partial charge in [0.2, 0.25) is 4.80 Å². The zero-order valence-corrected chi connectivity index (χ0v) is 19.8. The van der Waals surface area contributed by atoms with Gasteiger partial charge in [-0.3, -0.25) is 15.1 Å². The number of nitrogens with zero attached hydrogens (tertiary/aromatic N) is 5. The highest BCUT2D eigenvalue weighted by Crippen LogP contribution is 2.24. The molecule has 4 rings (SSSR count). The number of hydrogen-bond donors (Lipinski definition) is 0. The van der Waals surface area contributed by atoms with E-state index in [-0.39, 0.29) is 11.7 Å². The quantitative estimate of drug-likeness (QED) is 0.304. The molecule has 33 heavy (non-hydrogen) atoms. The van der Waals surface area contributed by atoms with Crippen molar-refractivity contribution in [3.63, 3.8) is 0 Å².